The standard InChI is InChI=1S/C14H14O/c1-10-3-5-12-7-8-13(11(2)15)9-14(12)6-4-10/h3-10H,1-2H3. The van der Waals surface area contributed by atoms with Gasteiger partial charge in [-0.05, 0) is 30.0 Å². The van der Waals surface area contributed by atoms with Gasteiger partial charge >= 0.3 is 0 Å². The maximum atomic E-state index is 11.2. The van der Waals surface area contributed by atoms with Crippen LogP contribution in [0, 0.1) is 5.92 Å². The number of allylic oxidation sites excluding steroid dienone is 2. The zero-order chi connectivity index (χ0) is 10.8. The fourth-order valence-electron chi connectivity index (χ4n) is 1.66. The van der Waals surface area contributed by atoms with Crippen LogP contribution in [0.15, 0.2) is 30.4 Å². The number of benzene rings is 1. The molecule has 0 heterocycles. The van der Waals surface area contributed by atoms with Crippen molar-refractivity contribution in [2.75, 3.05) is 0 Å². The van der Waals surface area contributed by atoms with Crippen LogP contribution in [0.3, 0.4) is 0 Å². The smallest absolute Gasteiger partial charge is 0.159 e. The summed E-state index contributed by atoms with van der Waals surface area (Å²) in [6, 6.07) is 5.84. The monoisotopic (exact) mass is 198 g/mol. The molecule has 0 N–H and O–H groups in total. The van der Waals surface area contributed by atoms with Crippen LogP contribution >= 0.6 is 0 Å². The van der Waals surface area contributed by atoms with Gasteiger partial charge in [-0.25, -0.2) is 0 Å². The highest BCUT2D eigenvalue weighted by atomic mass is 16.1. The van der Waals surface area contributed by atoms with Crippen LogP contribution in [-0.4, -0.2) is 5.78 Å². The molecule has 1 aromatic rings. The third-order valence-corrected chi connectivity index (χ3v) is 2.65. The third kappa shape index (κ3) is 2.07. The van der Waals surface area contributed by atoms with Crippen LogP contribution in [0.1, 0.15) is 35.3 Å². The zero-order valence-electron chi connectivity index (χ0n) is 9.03. The average Bonchev–Trinajstić information content (AvgIpc) is 2.40. The Labute approximate surface area is 90.1 Å². The van der Waals surface area contributed by atoms with Crippen molar-refractivity contribution in [1.82, 2.24) is 0 Å². The molecule has 0 aromatic heterocycles. The average molecular weight is 198 g/mol. The summed E-state index contributed by atoms with van der Waals surface area (Å²) in [5.41, 5.74) is 3.09. The van der Waals surface area contributed by atoms with Crippen molar-refractivity contribution in [2.24, 2.45) is 5.92 Å². The van der Waals surface area contributed by atoms with Gasteiger partial charge in [0.15, 0.2) is 5.78 Å². The molecule has 2 rings (SSSR count). The quantitative estimate of drug-likeness (QED) is 0.630. The Balaban J connectivity index is 2.50. The third-order valence-electron chi connectivity index (χ3n) is 2.65. The summed E-state index contributed by atoms with van der Waals surface area (Å²) < 4.78 is 0. The number of carbonyl (C=O) groups excluding carboxylic acids is 1. The molecule has 76 valence electrons. The largest absolute Gasteiger partial charge is 0.295 e. The minimum absolute atomic E-state index is 0.118. The van der Waals surface area contributed by atoms with E-state index in [1.165, 1.54) is 5.56 Å². The highest BCUT2D eigenvalue weighted by Crippen LogP contribution is 2.21. The van der Waals surface area contributed by atoms with Gasteiger partial charge < -0.3 is 0 Å². The second kappa shape index (κ2) is 3.85. The lowest BCUT2D eigenvalue weighted by Gasteiger charge is -2.02. The van der Waals surface area contributed by atoms with Crippen molar-refractivity contribution < 1.29 is 4.79 Å². The lowest BCUT2D eigenvalue weighted by atomic mass is 10.0. The fraction of sp³-hybridized carbons (Fsp3) is 0.214. The van der Waals surface area contributed by atoms with Crippen molar-refractivity contribution in [3.8, 4) is 0 Å². The summed E-state index contributed by atoms with van der Waals surface area (Å²) in [6.45, 7) is 3.74. The fourth-order valence-corrected chi connectivity index (χ4v) is 1.66. The molecule has 0 aliphatic heterocycles. The van der Waals surface area contributed by atoms with Gasteiger partial charge in [-0.3, -0.25) is 4.79 Å². The molecule has 1 aromatic carbocycles. The van der Waals surface area contributed by atoms with E-state index < -0.39 is 0 Å². The summed E-state index contributed by atoms with van der Waals surface area (Å²) >= 11 is 0. The maximum Gasteiger partial charge on any atom is 0.159 e. The first-order chi connectivity index (χ1) is 7.16. The Morgan fingerprint density at radius 3 is 2.47 bits per heavy atom. The molecule has 1 aliphatic rings. The number of hydrogen-bond acceptors (Lipinski definition) is 1. The Morgan fingerprint density at radius 1 is 1.13 bits per heavy atom. The van der Waals surface area contributed by atoms with Crippen LogP contribution in [0.25, 0.3) is 12.2 Å². The van der Waals surface area contributed by atoms with E-state index in [0.29, 0.717) is 5.92 Å². The first kappa shape index (κ1) is 9.91. The summed E-state index contributed by atoms with van der Waals surface area (Å²) in [5, 5.41) is 0. The van der Waals surface area contributed by atoms with E-state index in [4.69, 9.17) is 0 Å². The first-order valence-corrected chi connectivity index (χ1v) is 5.18. The van der Waals surface area contributed by atoms with E-state index in [1.54, 1.807) is 6.92 Å². The maximum absolute atomic E-state index is 11.2. The minimum Gasteiger partial charge on any atom is -0.295 e. The van der Waals surface area contributed by atoms with E-state index in [9.17, 15) is 4.79 Å². The van der Waals surface area contributed by atoms with Crippen molar-refractivity contribution in [3.05, 3.63) is 47.0 Å². The molecular formula is C14H14O. The summed E-state index contributed by atoms with van der Waals surface area (Å²) in [4.78, 5) is 11.2. The predicted octanol–water partition coefficient (Wildman–Crippen LogP) is 3.57. The molecule has 15 heavy (non-hydrogen) atoms. The molecule has 1 unspecified atom stereocenters. The van der Waals surface area contributed by atoms with Crippen LogP contribution in [-0.2, 0) is 0 Å². The van der Waals surface area contributed by atoms with Crippen molar-refractivity contribution >= 4 is 17.9 Å². The molecule has 1 aliphatic carbocycles. The van der Waals surface area contributed by atoms with E-state index >= 15 is 0 Å². The molecule has 0 fully saturated rings. The topological polar surface area (TPSA) is 17.1 Å². The van der Waals surface area contributed by atoms with Gasteiger partial charge in [-0.1, -0.05) is 43.4 Å². The summed E-state index contributed by atoms with van der Waals surface area (Å²) in [6.07, 6.45) is 8.51. The second-order valence-electron chi connectivity index (χ2n) is 3.98. The van der Waals surface area contributed by atoms with Crippen LogP contribution < -0.4 is 0 Å². The van der Waals surface area contributed by atoms with E-state index in [1.807, 2.05) is 18.2 Å². The lowest BCUT2D eigenvalue weighted by molar-refractivity contribution is 0.101. The molecule has 1 atom stereocenters. The molecule has 0 bridgehead atoms. The van der Waals surface area contributed by atoms with Crippen LogP contribution in [0.4, 0.5) is 0 Å². The van der Waals surface area contributed by atoms with Crippen molar-refractivity contribution in [2.45, 2.75) is 13.8 Å². The minimum atomic E-state index is 0.118. The first-order valence-electron chi connectivity index (χ1n) is 5.18. The van der Waals surface area contributed by atoms with Gasteiger partial charge in [0.25, 0.3) is 0 Å². The molecule has 1 heteroatoms. The van der Waals surface area contributed by atoms with Gasteiger partial charge in [0.05, 0.1) is 0 Å². The van der Waals surface area contributed by atoms with E-state index in [0.717, 1.165) is 11.1 Å². The van der Waals surface area contributed by atoms with Gasteiger partial charge in [0.2, 0.25) is 0 Å². The lowest BCUT2D eigenvalue weighted by Crippen LogP contribution is -1.93. The Bertz CT molecular complexity index is 452. The van der Waals surface area contributed by atoms with Crippen LogP contribution in [0.2, 0.25) is 0 Å². The molecule has 0 radical (unpaired) electrons. The molecule has 0 saturated heterocycles. The predicted molar refractivity (Wildman–Crippen MR) is 63.7 cm³/mol. The summed E-state index contributed by atoms with van der Waals surface area (Å²) in [7, 11) is 0. The van der Waals surface area contributed by atoms with Crippen LogP contribution in [0.5, 0.6) is 0 Å². The molecular weight excluding hydrogens is 184 g/mol. The Morgan fingerprint density at radius 2 is 1.80 bits per heavy atom. The summed E-state index contributed by atoms with van der Waals surface area (Å²) in [5.74, 6) is 0.575. The van der Waals surface area contributed by atoms with E-state index in [2.05, 4.69) is 31.2 Å². The normalized spacial score (nSPS) is 18.4. The van der Waals surface area contributed by atoms with Crippen molar-refractivity contribution in [1.29, 1.82) is 0 Å². The SMILES string of the molecule is CC(=O)c1ccc2c(c1)C=CC(C)C=C2. The molecule has 0 saturated carbocycles. The highest BCUT2D eigenvalue weighted by molar-refractivity contribution is 5.95. The van der Waals surface area contributed by atoms with Crippen molar-refractivity contribution in [3.63, 3.8) is 0 Å². The zero-order valence-corrected chi connectivity index (χ0v) is 9.03. The molecule has 0 spiro atoms. The Hall–Kier alpha value is -1.63. The van der Waals surface area contributed by atoms with E-state index in [-0.39, 0.29) is 5.78 Å². The molecule has 0 amide bonds. The van der Waals surface area contributed by atoms with Gasteiger partial charge in [0.1, 0.15) is 0 Å². The second-order valence-corrected chi connectivity index (χ2v) is 3.98. The van der Waals surface area contributed by atoms with Gasteiger partial charge in [-0.15, -0.1) is 0 Å². The highest BCUT2D eigenvalue weighted by Gasteiger charge is 2.05. The number of Topliss-reactive ketones (excluding diaryl/α,β-unsaturated/α-hetero) is 1. The molecule has 1 nitrogen and oxygen atoms in total. The Kier molecular flexibility index (Phi) is 2.55. The van der Waals surface area contributed by atoms with Gasteiger partial charge in [0, 0.05) is 5.56 Å². The number of rotatable bonds is 1. The number of fused-ring (bicyclic) bond motifs is 1. The number of carbonyl (C=O) groups is 1. The number of ketones is 1. The van der Waals surface area contributed by atoms with Gasteiger partial charge in [-0.2, -0.15) is 0 Å². The number of hydrogen-bond donors (Lipinski definition) is 0.